The van der Waals surface area contributed by atoms with E-state index < -0.39 is 0 Å². The molecule has 2 heteroatoms. The molecule has 0 aliphatic heterocycles. The van der Waals surface area contributed by atoms with Crippen LogP contribution >= 0.6 is 0 Å². The predicted molar refractivity (Wildman–Crippen MR) is 57.9 cm³/mol. The molecule has 0 bridgehead atoms. The lowest BCUT2D eigenvalue weighted by Crippen LogP contribution is -2.41. The highest BCUT2D eigenvalue weighted by Gasteiger charge is 2.19. The van der Waals surface area contributed by atoms with E-state index in [1.807, 2.05) is 0 Å². The maximum Gasteiger partial charge on any atom is 0.0695 e. The number of aliphatic hydroxyl groups excluding tert-OH is 1. The van der Waals surface area contributed by atoms with Gasteiger partial charge in [-0.1, -0.05) is 27.2 Å². The first-order valence-corrected chi connectivity index (χ1v) is 5.55. The van der Waals surface area contributed by atoms with Gasteiger partial charge in [0.25, 0.3) is 0 Å². The Kier molecular flexibility index (Phi) is 7.29. The van der Waals surface area contributed by atoms with Crippen LogP contribution in [-0.2, 0) is 0 Å². The fourth-order valence-corrected chi connectivity index (χ4v) is 1.88. The Morgan fingerprint density at radius 2 is 1.77 bits per heavy atom. The molecule has 0 radical (unpaired) electrons. The van der Waals surface area contributed by atoms with Crippen LogP contribution in [0.4, 0.5) is 0 Å². The van der Waals surface area contributed by atoms with E-state index in [1.54, 1.807) is 0 Å². The molecule has 2 nitrogen and oxygen atoms in total. The standard InChI is InChI=1S/C11H25NO/c1-5-8-11(13)10(7-3)12(4)9-6-2/h10-11,13H,5-9H2,1-4H3. The van der Waals surface area contributed by atoms with Crippen molar-refractivity contribution in [3.05, 3.63) is 0 Å². The Balaban J connectivity index is 3.98. The molecular weight excluding hydrogens is 162 g/mol. The molecule has 0 heterocycles. The third-order valence-corrected chi connectivity index (χ3v) is 2.59. The van der Waals surface area contributed by atoms with Gasteiger partial charge in [-0.3, -0.25) is 0 Å². The average molecular weight is 187 g/mol. The smallest absolute Gasteiger partial charge is 0.0695 e. The van der Waals surface area contributed by atoms with Crippen LogP contribution in [0.15, 0.2) is 0 Å². The Hall–Kier alpha value is -0.0800. The highest BCUT2D eigenvalue weighted by Crippen LogP contribution is 2.11. The van der Waals surface area contributed by atoms with Crippen LogP contribution in [0, 0.1) is 0 Å². The third-order valence-electron chi connectivity index (χ3n) is 2.59. The van der Waals surface area contributed by atoms with Crippen LogP contribution in [0.3, 0.4) is 0 Å². The molecular formula is C11H25NO. The van der Waals surface area contributed by atoms with Crippen molar-refractivity contribution in [2.75, 3.05) is 13.6 Å². The van der Waals surface area contributed by atoms with Crippen molar-refractivity contribution >= 4 is 0 Å². The van der Waals surface area contributed by atoms with E-state index in [0.29, 0.717) is 6.04 Å². The van der Waals surface area contributed by atoms with Crippen molar-refractivity contribution in [1.29, 1.82) is 0 Å². The van der Waals surface area contributed by atoms with Gasteiger partial charge in [-0.15, -0.1) is 0 Å². The number of aliphatic hydroxyl groups is 1. The van der Waals surface area contributed by atoms with Gasteiger partial charge in [-0.05, 0) is 32.9 Å². The zero-order valence-electron chi connectivity index (χ0n) is 9.58. The van der Waals surface area contributed by atoms with Gasteiger partial charge in [0, 0.05) is 6.04 Å². The Morgan fingerprint density at radius 1 is 1.15 bits per heavy atom. The lowest BCUT2D eigenvalue weighted by molar-refractivity contribution is 0.0543. The number of hydrogen-bond acceptors (Lipinski definition) is 2. The van der Waals surface area contributed by atoms with Gasteiger partial charge in [0.15, 0.2) is 0 Å². The first-order chi connectivity index (χ1) is 6.17. The molecule has 0 saturated heterocycles. The number of likely N-dealkylation sites (N-methyl/N-ethyl adjacent to an activating group) is 1. The summed E-state index contributed by atoms with van der Waals surface area (Å²) < 4.78 is 0. The minimum Gasteiger partial charge on any atom is -0.391 e. The van der Waals surface area contributed by atoms with E-state index in [9.17, 15) is 5.11 Å². The van der Waals surface area contributed by atoms with E-state index in [1.165, 1.54) is 0 Å². The zero-order chi connectivity index (χ0) is 10.3. The summed E-state index contributed by atoms with van der Waals surface area (Å²) in [6, 6.07) is 0.347. The van der Waals surface area contributed by atoms with Gasteiger partial charge in [-0.25, -0.2) is 0 Å². The molecule has 0 aliphatic carbocycles. The lowest BCUT2D eigenvalue weighted by atomic mass is 10.0. The van der Waals surface area contributed by atoms with E-state index in [4.69, 9.17) is 0 Å². The quantitative estimate of drug-likeness (QED) is 0.661. The maximum absolute atomic E-state index is 9.86. The summed E-state index contributed by atoms with van der Waals surface area (Å²) in [7, 11) is 2.11. The van der Waals surface area contributed by atoms with Gasteiger partial charge in [0.2, 0.25) is 0 Å². The highest BCUT2D eigenvalue weighted by molar-refractivity contribution is 4.75. The molecule has 13 heavy (non-hydrogen) atoms. The van der Waals surface area contributed by atoms with Gasteiger partial charge in [0.1, 0.15) is 0 Å². The zero-order valence-corrected chi connectivity index (χ0v) is 9.58. The van der Waals surface area contributed by atoms with Crippen molar-refractivity contribution in [3.8, 4) is 0 Å². The van der Waals surface area contributed by atoms with Gasteiger partial charge < -0.3 is 10.0 Å². The summed E-state index contributed by atoms with van der Waals surface area (Å²) in [6.45, 7) is 7.53. The molecule has 0 aromatic heterocycles. The average Bonchev–Trinajstić information content (AvgIpc) is 2.06. The molecule has 80 valence electrons. The van der Waals surface area contributed by atoms with Gasteiger partial charge in [-0.2, -0.15) is 0 Å². The Morgan fingerprint density at radius 3 is 2.15 bits per heavy atom. The van der Waals surface area contributed by atoms with Gasteiger partial charge in [0.05, 0.1) is 6.10 Å². The molecule has 0 rings (SSSR count). The number of rotatable bonds is 7. The van der Waals surface area contributed by atoms with E-state index in [0.717, 1.165) is 32.2 Å². The van der Waals surface area contributed by atoms with E-state index >= 15 is 0 Å². The second kappa shape index (κ2) is 7.34. The normalized spacial score (nSPS) is 16.2. The highest BCUT2D eigenvalue weighted by atomic mass is 16.3. The fourth-order valence-electron chi connectivity index (χ4n) is 1.88. The molecule has 0 aromatic rings. The maximum atomic E-state index is 9.86. The second-order valence-corrected chi connectivity index (χ2v) is 3.81. The summed E-state index contributed by atoms with van der Waals surface area (Å²) in [4.78, 5) is 2.28. The molecule has 0 aromatic carbocycles. The second-order valence-electron chi connectivity index (χ2n) is 3.81. The summed E-state index contributed by atoms with van der Waals surface area (Å²) in [5.41, 5.74) is 0. The van der Waals surface area contributed by atoms with Crippen molar-refractivity contribution in [3.63, 3.8) is 0 Å². The molecule has 0 amide bonds. The number of nitrogens with zero attached hydrogens (tertiary/aromatic N) is 1. The first-order valence-electron chi connectivity index (χ1n) is 5.55. The SMILES string of the molecule is CCCC(O)C(CC)N(C)CCC. The third kappa shape index (κ3) is 4.63. The molecule has 2 unspecified atom stereocenters. The van der Waals surface area contributed by atoms with E-state index in [-0.39, 0.29) is 6.10 Å². The number of hydrogen-bond donors (Lipinski definition) is 1. The van der Waals surface area contributed by atoms with Crippen LogP contribution in [0.25, 0.3) is 0 Å². The molecule has 0 spiro atoms. The topological polar surface area (TPSA) is 23.5 Å². The minimum atomic E-state index is -0.147. The van der Waals surface area contributed by atoms with Crippen LogP contribution < -0.4 is 0 Å². The molecule has 0 saturated carbocycles. The van der Waals surface area contributed by atoms with Crippen molar-refractivity contribution in [2.45, 2.75) is 58.6 Å². The van der Waals surface area contributed by atoms with Crippen molar-refractivity contribution in [2.24, 2.45) is 0 Å². The summed E-state index contributed by atoms with van der Waals surface area (Å²) >= 11 is 0. The lowest BCUT2D eigenvalue weighted by Gasteiger charge is -2.30. The van der Waals surface area contributed by atoms with Crippen LogP contribution in [-0.4, -0.2) is 35.7 Å². The van der Waals surface area contributed by atoms with Crippen LogP contribution in [0.1, 0.15) is 46.5 Å². The first kappa shape index (κ1) is 12.9. The Bertz CT molecular complexity index is 105. The van der Waals surface area contributed by atoms with E-state index in [2.05, 4.69) is 32.7 Å². The minimum absolute atomic E-state index is 0.147. The summed E-state index contributed by atoms with van der Waals surface area (Å²) in [5.74, 6) is 0. The summed E-state index contributed by atoms with van der Waals surface area (Å²) in [6.07, 6.45) is 4.04. The van der Waals surface area contributed by atoms with Crippen molar-refractivity contribution in [1.82, 2.24) is 4.90 Å². The van der Waals surface area contributed by atoms with Crippen molar-refractivity contribution < 1.29 is 5.11 Å². The van der Waals surface area contributed by atoms with Crippen LogP contribution in [0.2, 0.25) is 0 Å². The predicted octanol–water partition coefficient (Wildman–Crippen LogP) is 2.27. The largest absolute Gasteiger partial charge is 0.391 e. The summed E-state index contributed by atoms with van der Waals surface area (Å²) in [5, 5.41) is 9.86. The van der Waals surface area contributed by atoms with Crippen LogP contribution in [0.5, 0.6) is 0 Å². The molecule has 2 atom stereocenters. The fraction of sp³-hybridized carbons (Fsp3) is 1.00. The Labute approximate surface area is 82.9 Å². The monoisotopic (exact) mass is 187 g/mol. The van der Waals surface area contributed by atoms with Gasteiger partial charge >= 0.3 is 0 Å². The molecule has 1 N–H and O–H groups in total. The molecule has 0 aliphatic rings. The molecule has 0 fully saturated rings.